The molecule has 23 heavy (non-hydrogen) atoms. The van der Waals surface area contributed by atoms with E-state index in [0.717, 1.165) is 38.5 Å². The third kappa shape index (κ3) is 4.61. The van der Waals surface area contributed by atoms with E-state index in [2.05, 4.69) is 66.7 Å². The lowest BCUT2D eigenvalue weighted by Gasteiger charge is -2.49. The van der Waals surface area contributed by atoms with Crippen molar-refractivity contribution in [3.8, 4) is 5.75 Å². The molecule has 0 aromatic heterocycles. The number of benzene rings is 1. The summed E-state index contributed by atoms with van der Waals surface area (Å²) in [7, 11) is 1.72. The molecule has 0 radical (unpaired) electrons. The average Bonchev–Trinajstić information content (AvgIpc) is 2.55. The molecule has 1 heterocycles. The van der Waals surface area contributed by atoms with Gasteiger partial charge in [0, 0.05) is 44.0 Å². The van der Waals surface area contributed by atoms with Crippen molar-refractivity contribution in [3.05, 3.63) is 24.3 Å². The SMILES string of the molecule is CCN(CC)CCN1CCN(c2ccc(OC)cc2)C(C)(C)C1. The van der Waals surface area contributed by atoms with Gasteiger partial charge >= 0.3 is 0 Å². The third-order valence-electron chi connectivity index (χ3n) is 4.99. The summed E-state index contributed by atoms with van der Waals surface area (Å²) in [6.07, 6.45) is 0. The molecule has 0 aliphatic carbocycles. The molecule has 0 bridgehead atoms. The first-order valence-corrected chi connectivity index (χ1v) is 8.86. The second-order valence-corrected chi connectivity index (χ2v) is 6.97. The zero-order valence-corrected chi connectivity index (χ0v) is 15.5. The van der Waals surface area contributed by atoms with Gasteiger partial charge in [0.1, 0.15) is 5.75 Å². The summed E-state index contributed by atoms with van der Waals surface area (Å²) in [4.78, 5) is 7.64. The highest BCUT2D eigenvalue weighted by molar-refractivity contribution is 5.51. The Morgan fingerprint density at radius 2 is 1.74 bits per heavy atom. The standard InChI is InChI=1S/C19H33N3O/c1-6-20(7-2)12-13-21-14-15-22(19(3,4)16-21)17-8-10-18(23-5)11-9-17/h8-11H,6-7,12-16H2,1-5H3. The summed E-state index contributed by atoms with van der Waals surface area (Å²) >= 11 is 0. The van der Waals surface area contributed by atoms with Gasteiger partial charge in [-0.15, -0.1) is 0 Å². The van der Waals surface area contributed by atoms with Crippen molar-refractivity contribution in [1.82, 2.24) is 9.80 Å². The lowest BCUT2D eigenvalue weighted by molar-refractivity contribution is 0.158. The Bertz CT molecular complexity index is 468. The second kappa shape index (κ2) is 8.02. The zero-order valence-electron chi connectivity index (χ0n) is 15.5. The minimum atomic E-state index is 0.149. The highest BCUT2D eigenvalue weighted by Crippen LogP contribution is 2.29. The number of likely N-dealkylation sites (N-methyl/N-ethyl adjacent to an activating group) is 1. The molecule has 0 amide bonds. The van der Waals surface area contributed by atoms with Crippen molar-refractivity contribution in [2.24, 2.45) is 0 Å². The molecule has 4 heteroatoms. The van der Waals surface area contributed by atoms with Gasteiger partial charge in [-0.3, -0.25) is 4.90 Å². The van der Waals surface area contributed by atoms with Crippen LogP contribution in [0.5, 0.6) is 5.75 Å². The Labute approximate surface area is 142 Å². The van der Waals surface area contributed by atoms with E-state index in [0.29, 0.717) is 0 Å². The van der Waals surface area contributed by atoms with Crippen LogP contribution in [0.2, 0.25) is 0 Å². The molecule has 0 spiro atoms. The molecule has 0 N–H and O–H groups in total. The van der Waals surface area contributed by atoms with E-state index in [1.807, 2.05) is 0 Å². The molecular weight excluding hydrogens is 286 g/mol. The zero-order chi connectivity index (χ0) is 16.9. The van der Waals surface area contributed by atoms with E-state index >= 15 is 0 Å². The summed E-state index contributed by atoms with van der Waals surface area (Å²) in [5.74, 6) is 0.921. The van der Waals surface area contributed by atoms with Crippen molar-refractivity contribution in [3.63, 3.8) is 0 Å². The van der Waals surface area contributed by atoms with Crippen LogP contribution in [0.1, 0.15) is 27.7 Å². The van der Waals surface area contributed by atoms with Crippen LogP contribution in [0.4, 0.5) is 5.69 Å². The number of anilines is 1. The topological polar surface area (TPSA) is 19.0 Å². The van der Waals surface area contributed by atoms with Crippen molar-refractivity contribution in [2.45, 2.75) is 33.2 Å². The minimum Gasteiger partial charge on any atom is -0.497 e. The van der Waals surface area contributed by atoms with Crippen LogP contribution in [0, 0.1) is 0 Å². The number of ether oxygens (including phenoxy) is 1. The molecule has 4 nitrogen and oxygen atoms in total. The van der Waals surface area contributed by atoms with Gasteiger partial charge in [-0.25, -0.2) is 0 Å². The quantitative estimate of drug-likeness (QED) is 0.769. The Morgan fingerprint density at radius 1 is 1.09 bits per heavy atom. The monoisotopic (exact) mass is 319 g/mol. The molecule has 130 valence electrons. The predicted octanol–water partition coefficient (Wildman–Crippen LogP) is 2.94. The largest absolute Gasteiger partial charge is 0.497 e. The maximum absolute atomic E-state index is 5.27. The number of piperazine rings is 1. The van der Waals surface area contributed by atoms with E-state index in [1.54, 1.807) is 7.11 Å². The van der Waals surface area contributed by atoms with Crippen LogP contribution in [-0.4, -0.2) is 68.3 Å². The molecule has 1 aromatic rings. The molecule has 0 saturated carbocycles. The van der Waals surface area contributed by atoms with Crippen molar-refractivity contribution in [2.75, 3.05) is 57.8 Å². The Morgan fingerprint density at radius 3 is 2.26 bits per heavy atom. The maximum Gasteiger partial charge on any atom is 0.119 e. The van der Waals surface area contributed by atoms with Crippen LogP contribution >= 0.6 is 0 Å². The van der Waals surface area contributed by atoms with Gasteiger partial charge < -0.3 is 14.5 Å². The van der Waals surface area contributed by atoms with E-state index in [9.17, 15) is 0 Å². The third-order valence-corrected chi connectivity index (χ3v) is 4.99. The average molecular weight is 319 g/mol. The molecule has 0 unspecified atom stereocenters. The normalized spacial score (nSPS) is 18.4. The lowest BCUT2D eigenvalue weighted by atomic mass is 9.97. The Balaban J connectivity index is 1.96. The second-order valence-electron chi connectivity index (χ2n) is 6.97. The fraction of sp³-hybridized carbons (Fsp3) is 0.684. The maximum atomic E-state index is 5.27. The molecule has 2 rings (SSSR count). The van der Waals surface area contributed by atoms with Gasteiger partial charge in [0.05, 0.1) is 7.11 Å². The number of nitrogens with zero attached hydrogens (tertiary/aromatic N) is 3. The first-order valence-electron chi connectivity index (χ1n) is 8.86. The van der Waals surface area contributed by atoms with Gasteiger partial charge in [-0.05, 0) is 51.2 Å². The van der Waals surface area contributed by atoms with Crippen molar-refractivity contribution < 1.29 is 4.74 Å². The first kappa shape index (κ1) is 18.1. The number of rotatable bonds is 7. The number of hydrogen-bond acceptors (Lipinski definition) is 4. The fourth-order valence-corrected chi connectivity index (χ4v) is 3.51. The van der Waals surface area contributed by atoms with Crippen LogP contribution in [0.15, 0.2) is 24.3 Å². The van der Waals surface area contributed by atoms with Gasteiger partial charge in [-0.1, -0.05) is 13.8 Å². The lowest BCUT2D eigenvalue weighted by Crippen LogP contribution is -2.60. The number of hydrogen-bond donors (Lipinski definition) is 0. The highest BCUT2D eigenvalue weighted by atomic mass is 16.5. The van der Waals surface area contributed by atoms with E-state index in [1.165, 1.54) is 18.8 Å². The Hall–Kier alpha value is -1.26. The molecule has 1 aromatic carbocycles. The van der Waals surface area contributed by atoms with Crippen LogP contribution in [-0.2, 0) is 0 Å². The molecule has 0 atom stereocenters. The molecular formula is C19H33N3O. The predicted molar refractivity (Wildman–Crippen MR) is 98.6 cm³/mol. The smallest absolute Gasteiger partial charge is 0.119 e. The molecule has 1 saturated heterocycles. The number of methoxy groups -OCH3 is 1. The van der Waals surface area contributed by atoms with Crippen LogP contribution in [0.3, 0.4) is 0 Å². The first-order chi connectivity index (χ1) is 11.0. The summed E-state index contributed by atoms with van der Waals surface area (Å²) < 4.78 is 5.27. The van der Waals surface area contributed by atoms with Crippen LogP contribution in [0.25, 0.3) is 0 Å². The molecule has 1 fully saturated rings. The summed E-state index contributed by atoms with van der Waals surface area (Å²) in [5.41, 5.74) is 1.44. The van der Waals surface area contributed by atoms with Gasteiger partial charge in [0.25, 0.3) is 0 Å². The Kier molecular flexibility index (Phi) is 6.31. The van der Waals surface area contributed by atoms with Crippen molar-refractivity contribution in [1.29, 1.82) is 0 Å². The van der Waals surface area contributed by atoms with Crippen LogP contribution < -0.4 is 9.64 Å². The summed E-state index contributed by atoms with van der Waals surface area (Å²) in [5, 5.41) is 0. The highest BCUT2D eigenvalue weighted by Gasteiger charge is 2.33. The fourth-order valence-electron chi connectivity index (χ4n) is 3.51. The van der Waals surface area contributed by atoms with Gasteiger partial charge in [-0.2, -0.15) is 0 Å². The van der Waals surface area contributed by atoms with E-state index < -0.39 is 0 Å². The van der Waals surface area contributed by atoms with Gasteiger partial charge in [0.2, 0.25) is 0 Å². The summed E-state index contributed by atoms with van der Waals surface area (Å²) in [6.45, 7) is 17.1. The van der Waals surface area contributed by atoms with E-state index in [-0.39, 0.29) is 5.54 Å². The minimum absolute atomic E-state index is 0.149. The van der Waals surface area contributed by atoms with Crippen molar-refractivity contribution >= 4 is 5.69 Å². The summed E-state index contributed by atoms with van der Waals surface area (Å²) in [6, 6.07) is 8.45. The van der Waals surface area contributed by atoms with E-state index in [4.69, 9.17) is 4.74 Å². The molecule has 1 aliphatic heterocycles. The molecule has 1 aliphatic rings. The van der Waals surface area contributed by atoms with Gasteiger partial charge in [0.15, 0.2) is 0 Å².